The lowest BCUT2D eigenvalue weighted by atomic mass is 10.2. The van der Waals surface area contributed by atoms with Gasteiger partial charge in [0.2, 0.25) is 0 Å². The number of benzene rings is 1. The van der Waals surface area contributed by atoms with Crippen LogP contribution >= 0.6 is 0 Å². The highest BCUT2D eigenvalue weighted by Gasteiger charge is 2.17. The number of nitrogens with one attached hydrogen (secondary N) is 1. The average molecular weight is 230 g/mol. The Morgan fingerprint density at radius 1 is 1.24 bits per heavy atom. The van der Waals surface area contributed by atoms with Gasteiger partial charge in [-0.15, -0.1) is 0 Å². The lowest BCUT2D eigenvalue weighted by Gasteiger charge is -2.16. The van der Waals surface area contributed by atoms with E-state index in [0.717, 1.165) is 36.0 Å². The highest BCUT2D eigenvalue weighted by molar-refractivity contribution is 5.99. The highest BCUT2D eigenvalue weighted by Crippen LogP contribution is 2.30. The SMILES string of the molecule is O=Cc1oc2ccccc2c1NN1CCCC1. The van der Waals surface area contributed by atoms with Gasteiger partial charge in [-0.3, -0.25) is 4.79 Å². The molecule has 4 nitrogen and oxygen atoms in total. The van der Waals surface area contributed by atoms with Crippen molar-refractivity contribution in [3.05, 3.63) is 30.0 Å². The van der Waals surface area contributed by atoms with Gasteiger partial charge in [0.25, 0.3) is 0 Å². The number of anilines is 1. The fourth-order valence-corrected chi connectivity index (χ4v) is 2.25. The van der Waals surface area contributed by atoms with Gasteiger partial charge in [0.15, 0.2) is 12.0 Å². The molecule has 0 unspecified atom stereocenters. The average Bonchev–Trinajstić information content (AvgIpc) is 2.98. The van der Waals surface area contributed by atoms with Gasteiger partial charge in [0.05, 0.1) is 0 Å². The quantitative estimate of drug-likeness (QED) is 0.823. The Kier molecular flexibility index (Phi) is 2.57. The zero-order chi connectivity index (χ0) is 11.7. The van der Waals surface area contributed by atoms with Crippen LogP contribution in [-0.4, -0.2) is 24.4 Å². The molecule has 0 aliphatic carbocycles. The van der Waals surface area contributed by atoms with Crippen molar-refractivity contribution >= 4 is 22.9 Å². The molecule has 17 heavy (non-hydrogen) atoms. The number of furan rings is 1. The Bertz CT molecular complexity index is 541. The molecule has 2 aromatic rings. The number of hydrazine groups is 1. The van der Waals surface area contributed by atoms with Crippen molar-refractivity contribution in [1.82, 2.24) is 5.01 Å². The van der Waals surface area contributed by atoms with Gasteiger partial charge >= 0.3 is 0 Å². The second kappa shape index (κ2) is 4.22. The fourth-order valence-electron chi connectivity index (χ4n) is 2.25. The molecule has 88 valence electrons. The van der Waals surface area contributed by atoms with Crippen molar-refractivity contribution in [3.63, 3.8) is 0 Å². The van der Waals surface area contributed by atoms with E-state index in [2.05, 4.69) is 10.4 Å². The van der Waals surface area contributed by atoms with Gasteiger partial charge in [-0.2, -0.15) is 0 Å². The van der Waals surface area contributed by atoms with Crippen LogP contribution in [0.25, 0.3) is 11.0 Å². The Balaban J connectivity index is 2.02. The number of aldehydes is 1. The first-order chi connectivity index (χ1) is 8.38. The molecule has 1 saturated heterocycles. The molecule has 1 aliphatic heterocycles. The summed E-state index contributed by atoms with van der Waals surface area (Å²) in [4.78, 5) is 11.0. The predicted octanol–water partition coefficient (Wildman–Crippen LogP) is 2.67. The van der Waals surface area contributed by atoms with E-state index in [4.69, 9.17) is 4.42 Å². The molecule has 0 amide bonds. The normalized spacial score (nSPS) is 16.5. The van der Waals surface area contributed by atoms with Gasteiger partial charge in [-0.05, 0) is 25.0 Å². The van der Waals surface area contributed by atoms with Crippen LogP contribution in [0.5, 0.6) is 0 Å². The zero-order valence-corrected chi connectivity index (χ0v) is 9.48. The van der Waals surface area contributed by atoms with Crippen LogP contribution in [0.3, 0.4) is 0 Å². The molecule has 1 aromatic carbocycles. The molecule has 3 rings (SSSR count). The number of rotatable bonds is 3. The molecule has 0 bridgehead atoms. The van der Waals surface area contributed by atoms with E-state index in [9.17, 15) is 4.79 Å². The summed E-state index contributed by atoms with van der Waals surface area (Å²) in [5.41, 5.74) is 4.83. The third-order valence-corrected chi connectivity index (χ3v) is 3.11. The summed E-state index contributed by atoms with van der Waals surface area (Å²) >= 11 is 0. The third kappa shape index (κ3) is 1.80. The van der Waals surface area contributed by atoms with Gasteiger partial charge in [-0.1, -0.05) is 12.1 Å². The summed E-state index contributed by atoms with van der Waals surface area (Å²) in [5.74, 6) is 0.373. The Hall–Kier alpha value is -1.81. The largest absolute Gasteiger partial charge is 0.451 e. The standard InChI is InChI=1S/C13H14N2O2/c16-9-12-13(14-15-7-3-4-8-15)10-5-1-2-6-11(10)17-12/h1-2,5-6,9,14H,3-4,7-8H2. The summed E-state index contributed by atoms with van der Waals surface area (Å²) in [5, 5.41) is 3.09. The summed E-state index contributed by atoms with van der Waals surface area (Å²) in [6.45, 7) is 2.02. The molecule has 4 heteroatoms. The number of hydrogen-bond donors (Lipinski definition) is 1. The van der Waals surface area contributed by atoms with Crippen molar-refractivity contribution in [2.24, 2.45) is 0 Å². The van der Waals surface area contributed by atoms with Crippen LogP contribution < -0.4 is 5.43 Å². The minimum Gasteiger partial charge on any atom is -0.451 e. The molecule has 1 N–H and O–H groups in total. The van der Waals surface area contributed by atoms with E-state index in [1.807, 2.05) is 24.3 Å². The number of fused-ring (bicyclic) bond motifs is 1. The first-order valence-electron chi connectivity index (χ1n) is 5.87. The number of hydrogen-bond acceptors (Lipinski definition) is 4. The highest BCUT2D eigenvalue weighted by atomic mass is 16.3. The minimum atomic E-state index is 0.373. The van der Waals surface area contributed by atoms with Crippen LogP contribution in [0.2, 0.25) is 0 Å². The summed E-state index contributed by atoms with van der Waals surface area (Å²) in [6.07, 6.45) is 3.15. The minimum absolute atomic E-state index is 0.373. The second-order valence-corrected chi connectivity index (χ2v) is 4.26. The molecule has 0 radical (unpaired) electrons. The van der Waals surface area contributed by atoms with Crippen molar-refractivity contribution in [2.75, 3.05) is 18.5 Å². The number of para-hydroxylation sites is 1. The van der Waals surface area contributed by atoms with Gasteiger partial charge in [0, 0.05) is 18.5 Å². The Morgan fingerprint density at radius 3 is 2.76 bits per heavy atom. The lowest BCUT2D eigenvalue weighted by molar-refractivity contribution is 0.110. The smallest absolute Gasteiger partial charge is 0.192 e. The molecule has 0 atom stereocenters. The van der Waals surface area contributed by atoms with Crippen molar-refractivity contribution < 1.29 is 9.21 Å². The Labute approximate surface area is 99.2 Å². The van der Waals surface area contributed by atoms with E-state index in [-0.39, 0.29) is 0 Å². The van der Waals surface area contributed by atoms with Gasteiger partial charge in [0.1, 0.15) is 11.3 Å². The molecular weight excluding hydrogens is 216 g/mol. The van der Waals surface area contributed by atoms with E-state index in [1.165, 1.54) is 12.8 Å². The molecule has 0 saturated carbocycles. The van der Waals surface area contributed by atoms with Crippen LogP contribution in [0.15, 0.2) is 28.7 Å². The van der Waals surface area contributed by atoms with Gasteiger partial charge in [-0.25, -0.2) is 5.01 Å². The maximum Gasteiger partial charge on any atom is 0.192 e. The first kappa shape index (κ1) is 10.4. The van der Waals surface area contributed by atoms with Crippen LogP contribution in [0, 0.1) is 0 Å². The zero-order valence-electron chi connectivity index (χ0n) is 9.48. The molecule has 1 aliphatic rings. The summed E-state index contributed by atoms with van der Waals surface area (Å²) in [6, 6.07) is 7.68. The maximum absolute atomic E-state index is 11.0. The second-order valence-electron chi connectivity index (χ2n) is 4.26. The Morgan fingerprint density at radius 2 is 2.00 bits per heavy atom. The summed E-state index contributed by atoms with van der Waals surface area (Å²) in [7, 11) is 0. The van der Waals surface area contributed by atoms with Crippen LogP contribution in [-0.2, 0) is 0 Å². The topological polar surface area (TPSA) is 45.5 Å². The van der Waals surface area contributed by atoms with E-state index in [0.29, 0.717) is 5.76 Å². The molecular formula is C13H14N2O2. The van der Waals surface area contributed by atoms with Crippen molar-refractivity contribution in [3.8, 4) is 0 Å². The van der Waals surface area contributed by atoms with E-state index in [1.54, 1.807) is 0 Å². The lowest BCUT2D eigenvalue weighted by Crippen LogP contribution is -2.26. The van der Waals surface area contributed by atoms with Crippen LogP contribution in [0.1, 0.15) is 23.4 Å². The molecule has 0 spiro atoms. The molecule has 2 heterocycles. The number of carbonyl (C=O) groups excluding carboxylic acids is 1. The van der Waals surface area contributed by atoms with E-state index < -0.39 is 0 Å². The monoisotopic (exact) mass is 230 g/mol. The first-order valence-corrected chi connectivity index (χ1v) is 5.87. The van der Waals surface area contributed by atoms with Gasteiger partial charge < -0.3 is 9.84 Å². The van der Waals surface area contributed by atoms with Crippen LogP contribution in [0.4, 0.5) is 5.69 Å². The number of carbonyl (C=O) groups is 1. The molecule has 1 aromatic heterocycles. The molecule has 1 fully saturated rings. The summed E-state index contributed by atoms with van der Waals surface area (Å²) < 4.78 is 5.50. The van der Waals surface area contributed by atoms with E-state index >= 15 is 0 Å². The van der Waals surface area contributed by atoms with Crippen molar-refractivity contribution in [2.45, 2.75) is 12.8 Å². The predicted molar refractivity (Wildman–Crippen MR) is 66.0 cm³/mol. The maximum atomic E-state index is 11.0. The third-order valence-electron chi connectivity index (χ3n) is 3.11. The number of nitrogens with zero attached hydrogens (tertiary/aromatic N) is 1. The van der Waals surface area contributed by atoms with Crippen molar-refractivity contribution in [1.29, 1.82) is 0 Å². The fraction of sp³-hybridized carbons (Fsp3) is 0.308.